The SMILES string of the molecule is CC#N.CC#N.CC#N.CC#N.F[B-](F)(F)F.F[B-](F)(F)F.F[B-](F)(F)F.F[B-](F)(F)F.NCc1ccccn1.NCc1ccccn1.[Cu+2].[Cu+2].[Cu+].[Cu+].c1ccc(CN2CN(Cc3ccccn3)CN(Cc3ccccn3)C2)nc1.c1ccc(CN2CN(Cc3ccccn3)CN(Cc3ccccn3)C2)nc1. The molecule has 8 aromatic heterocycles. The maximum absolute atomic E-state index is 9.75. The van der Waals surface area contributed by atoms with Gasteiger partial charge < -0.3 is 80.5 Å². The summed E-state index contributed by atoms with van der Waals surface area (Å²) in [5.41, 5.74) is 19.0. The Morgan fingerprint density at radius 3 is 0.453 bits per heavy atom. The summed E-state index contributed by atoms with van der Waals surface area (Å²) >= 11 is 0. The topological polar surface area (TPSA) is 270 Å². The standard InChI is InChI=1S/2C21H24N6.2C6H8N2.4C2H3N.4BF4.4Cu/c2*1-4-10-22-19(7-1)13-25-16-26(14-20-8-2-5-11-23-20)18-27(17-25)15-21-9-3-6-12-24-21;2*7-5-6-3-1-2-4-8-6;4*1-2-3;4*2-1(3,4)5;;;;/h2*1-12H,13-18H2;2*1-4H,5,7H2;4*1H3;;;;;;;;/q;;;;;;;;4*-1;2*+1;2*+2. The smallest absolute Gasteiger partial charge is 0.418 e. The molecule has 2 fully saturated rings. The van der Waals surface area contributed by atoms with Gasteiger partial charge in [-0.3, -0.25) is 69.3 Å². The minimum atomic E-state index is -6.00. The van der Waals surface area contributed by atoms with Crippen LogP contribution in [0.2, 0.25) is 0 Å². The van der Waals surface area contributed by atoms with Gasteiger partial charge in [0.1, 0.15) is 0 Å². The van der Waals surface area contributed by atoms with E-state index in [0.717, 1.165) is 125 Å². The van der Waals surface area contributed by atoms with E-state index < -0.39 is 29.0 Å². The van der Waals surface area contributed by atoms with Gasteiger partial charge in [0.15, 0.2) is 0 Å². The van der Waals surface area contributed by atoms with Gasteiger partial charge in [-0.25, -0.2) is 0 Å². The maximum Gasteiger partial charge on any atom is 2.00 e. The molecule has 106 heavy (non-hydrogen) atoms. The molecule has 20 nitrogen and oxygen atoms in total. The van der Waals surface area contributed by atoms with E-state index in [9.17, 15) is 69.1 Å². The van der Waals surface area contributed by atoms with E-state index in [4.69, 9.17) is 32.5 Å². The van der Waals surface area contributed by atoms with Crippen LogP contribution in [0.3, 0.4) is 0 Å². The quantitative estimate of drug-likeness (QED) is 0.0756. The van der Waals surface area contributed by atoms with Gasteiger partial charge in [0.2, 0.25) is 0 Å². The zero-order valence-corrected chi connectivity index (χ0v) is 60.9. The summed E-state index contributed by atoms with van der Waals surface area (Å²) in [4.78, 5) is 49.4. The molecule has 590 valence electrons. The Balaban J connectivity index is -0.000000290. The van der Waals surface area contributed by atoms with Crippen LogP contribution in [0, 0.1) is 45.3 Å². The van der Waals surface area contributed by atoms with Crippen molar-refractivity contribution in [2.45, 2.75) is 80.1 Å². The van der Waals surface area contributed by atoms with E-state index in [-0.39, 0.29) is 68.3 Å². The molecule has 4 N–H and O–H groups in total. The van der Waals surface area contributed by atoms with Crippen LogP contribution in [0.1, 0.15) is 73.2 Å². The number of hydrogen-bond acceptors (Lipinski definition) is 20. The molecule has 0 unspecified atom stereocenters. The predicted molar refractivity (Wildman–Crippen MR) is 358 cm³/mol. The van der Waals surface area contributed by atoms with Gasteiger partial charge >= 0.3 is 97.3 Å². The molecule has 2 saturated heterocycles. The van der Waals surface area contributed by atoms with Gasteiger partial charge in [0.05, 0.1) is 110 Å². The second-order valence-corrected chi connectivity index (χ2v) is 19.7. The summed E-state index contributed by atoms with van der Waals surface area (Å²) in [6.07, 6.45) is 14.6. The van der Waals surface area contributed by atoms with Crippen LogP contribution < -0.4 is 11.5 Å². The number of halogens is 16. The Labute approximate surface area is 649 Å². The zero-order valence-electron chi connectivity index (χ0n) is 57.1. The number of nitrogens with two attached hydrogens (primary N) is 2. The zero-order chi connectivity index (χ0) is 77.1. The van der Waals surface area contributed by atoms with E-state index in [1.54, 1.807) is 36.7 Å². The average Bonchev–Trinajstić information content (AvgIpc) is 0.846. The molecule has 10 heterocycles. The first-order valence-electron chi connectivity index (χ1n) is 29.9. The fourth-order valence-corrected chi connectivity index (χ4v) is 7.93. The third-order valence-corrected chi connectivity index (χ3v) is 10.9. The maximum atomic E-state index is 9.75. The van der Waals surface area contributed by atoms with Gasteiger partial charge in [-0.2, -0.15) is 21.0 Å². The fourth-order valence-electron chi connectivity index (χ4n) is 7.93. The molecule has 0 bridgehead atoms. The van der Waals surface area contributed by atoms with E-state index in [1.165, 1.54) is 27.7 Å². The van der Waals surface area contributed by atoms with E-state index in [0.29, 0.717) is 13.1 Å². The molecule has 8 aromatic rings. The normalized spacial score (nSPS) is 12.3. The second-order valence-electron chi connectivity index (χ2n) is 19.7. The second kappa shape index (κ2) is 66.5. The number of pyridine rings is 8. The van der Waals surface area contributed by atoms with E-state index in [1.807, 2.05) is 146 Å². The van der Waals surface area contributed by atoms with Crippen molar-refractivity contribution >= 4 is 29.0 Å². The first kappa shape index (κ1) is 109. The van der Waals surface area contributed by atoms with Crippen molar-refractivity contribution in [1.82, 2.24) is 69.3 Å². The fraction of sp³-hybridized carbons (Fsp3) is 0.290. The van der Waals surface area contributed by atoms with Crippen molar-refractivity contribution in [3.63, 3.8) is 0 Å². The number of hydrogen-bond donors (Lipinski definition) is 2. The Bertz CT molecular complexity index is 2940. The van der Waals surface area contributed by atoms with E-state index in [2.05, 4.69) is 106 Å². The Kier molecular flexibility index (Phi) is 68.4. The largest absolute Gasteiger partial charge is 2.00 e. The molecule has 0 saturated carbocycles. The Hall–Kier alpha value is -7.94. The number of rotatable bonds is 14. The van der Waals surface area contributed by atoms with Gasteiger partial charge in [0.25, 0.3) is 0 Å². The monoisotopic (exact) mass is 1700 g/mol. The summed E-state index contributed by atoms with van der Waals surface area (Å²) in [5.74, 6) is 0. The molecule has 0 amide bonds. The Morgan fingerprint density at radius 2 is 0.377 bits per heavy atom. The summed E-state index contributed by atoms with van der Waals surface area (Å²) in [5, 5.41) is 29.3. The molecule has 10 rings (SSSR count). The molecule has 2 radical (unpaired) electrons. The summed E-state index contributed by atoms with van der Waals surface area (Å²) in [6.45, 7) is 17.1. The first-order chi connectivity index (χ1) is 48.2. The number of nitriles is 4. The summed E-state index contributed by atoms with van der Waals surface area (Å²) < 4.78 is 156. The number of aromatic nitrogens is 8. The minimum Gasteiger partial charge on any atom is -0.418 e. The molecular formula is C62H76B4Cu4F16N20+2. The first-order valence-corrected chi connectivity index (χ1v) is 29.9. The van der Waals surface area contributed by atoms with Gasteiger partial charge in [-0.15, -0.1) is 0 Å². The van der Waals surface area contributed by atoms with Crippen LogP contribution in [0.25, 0.3) is 0 Å². The van der Waals surface area contributed by atoms with Crippen molar-refractivity contribution in [3.8, 4) is 24.3 Å². The molecule has 0 atom stereocenters. The van der Waals surface area contributed by atoms with Crippen molar-refractivity contribution in [1.29, 1.82) is 21.0 Å². The van der Waals surface area contributed by atoms with Crippen LogP contribution in [-0.4, -0.2) is 138 Å². The third-order valence-electron chi connectivity index (χ3n) is 10.9. The molecular weight excluding hydrogens is 1630 g/mol. The van der Waals surface area contributed by atoms with Crippen molar-refractivity contribution < 1.29 is 137 Å². The molecule has 0 aromatic carbocycles. The molecule has 2 aliphatic heterocycles. The van der Waals surface area contributed by atoms with Crippen molar-refractivity contribution in [2.24, 2.45) is 11.5 Å². The molecule has 2 aliphatic rings. The van der Waals surface area contributed by atoms with Crippen LogP contribution in [0.15, 0.2) is 195 Å². The van der Waals surface area contributed by atoms with E-state index >= 15 is 0 Å². The molecule has 44 heteroatoms. The van der Waals surface area contributed by atoms with Crippen molar-refractivity contribution in [2.75, 3.05) is 40.0 Å². The third kappa shape index (κ3) is 74.3. The van der Waals surface area contributed by atoms with Crippen LogP contribution >= 0.6 is 0 Å². The number of nitrogens with zero attached hydrogens (tertiary/aromatic N) is 18. The van der Waals surface area contributed by atoms with Gasteiger partial charge in [-0.05, 0) is 97.1 Å². The van der Waals surface area contributed by atoms with Crippen LogP contribution in [0.4, 0.5) is 69.1 Å². The minimum absolute atomic E-state index is 0. The predicted octanol–water partition coefficient (Wildman–Crippen LogP) is 13.5. The molecule has 0 aliphatic carbocycles. The van der Waals surface area contributed by atoms with Gasteiger partial charge in [-0.1, -0.05) is 48.5 Å². The molecule has 0 spiro atoms. The van der Waals surface area contributed by atoms with Gasteiger partial charge in [0, 0.05) is 130 Å². The Morgan fingerprint density at radius 1 is 0.274 bits per heavy atom. The van der Waals surface area contributed by atoms with Crippen LogP contribution in [0.5, 0.6) is 0 Å². The van der Waals surface area contributed by atoms with Crippen LogP contribution in [-0.2, 0) is 121 Å². The summed E-state index contributed by atoms with van der Waals surface area (Å²) in [7, 11) is -24.0. The summed E-state index contributed by atoms with van der Waals surface area (Å²) in [6, 6.07) is 54.9. The van der Waals surface area contributed by atoms with Crippen molar-refractivity contribution in [3.05, 3.63) is 241 Å². The average molecular weight is 1700 g/mol.